The molecule has 0 saturated carbocycles. The Morgan fingerprint density at radius 3 is 2.56 bits per heavy atom. The third-order valence-corrected chi connectivity index (χ3v) is 5.32. The van der Waals surface area contributed by atoms with Crippen molar-refractivity contribution in [2.45, 2.75) is 12.8 Å². The van der Waals surface area contributed by atoms with E-state index in [9.17, 15) is 4.79 Å². The SMILES string of the molecule is CN=C(NCCc1cccc(C(=O)NC)c1)NCCc1ccc(Br)s1. The molecule has 5 nitrogen and oxygen atoms in total. The molecule has 0 saturated heterocycles. The Morgan fingerprint density at radius 2 is 1.92 bits per heavy atom. The Morgan fingerprint density at radius 1 is 1.16 bits per heavy atom. The van der Waals surface area contributed by atoms with Crippen LogP contribution in [0.4, 0.5) is 0 Å². The maximum atomic E-state index is 11.7. The number of hydrogen-bond donors (Lipinski definition) is 3. The van der Waals surface area contributed by atoms with Crippen LogP contribution in [0.25, 0.3) is 0 Å². The highest BCUT2D eigenvalue weighted by Crippen LogP contribution is 2.21. The molecule has 0 spiro atoms. The summed E-state index contributed by atoms with van der Waals surface area (Å²) in [4.78, 5) is 17.2. The molecule has 0 aliphatic rings. The van der Waals surface area contributed by atoms with Crippen LogP contribution in [-0.4, -0.2) is 39.1 Å². The third kappa shape index (κ3) is 6.51. The first-order valence-electron chi connectivity index (χ1n) is 8.12. The molecule has 1 aromatic heterocycles. The Hall–Kier alpha value is -1.86. The number of halogens is 1. The highest BCUT2D eigenvalue weighted by atomic mass is 79.9. The second-order valence-corrected chi connectivity index (χ2v) is 7.96. The standard InChI is InChI=1S/C18H23BrN4OS/c1-20-17(24)14-5-3-4-13(12-14)8-10-22-18(21-2)23-11-9-15-6-7-16(19)25-15/h3-7,12H,8-11H2,1-2H3,(H,20,24)(H2,21,22,23). The average molecular weight is 423 g/mol. The zero-order chi connectivity index (χ0) is 18.1. The zero-order valence-electron chi connectivity index (χ0n) is 14.4. The topological polar surface area (TPSA) is 65.5 Å². The van der Waals surface area contributed by atoms with Gasteiger partial charge in [-0.05, 0) is 58.6 Å². The smallest absolute Gasteiger partial charge is 0.251 e. The summed E-state index contributed by atoms with van der Waals surface area (Å²) in [5.41, 5.74) is 1.80. The van der Waals surface area contributed by atoms with Crippen LogP contribution in [0.2, 0.25) is 0 Å². The first kappa shape index (κ1) is 19.5. The molecule has 0 atom stereocenters. The summed E-state index contributed by atoms with van der Waals surface area (Å²) >= 11 is 5.23. The molecule has 2 rings (SSSR count). The molecule has 0 aliphatic heterocycles. The normalized spacial score (nSPS) is 11.2. The molecule has 1 amide bonds. The predicted octanol–water partition coefficient (Wildman–Crippen LogP) is 2.82. The van der Waals surface area contributed by atoms with Gasteiger partial charge in [-0.15, -0.1) is 11.3 Å². The van der Waals surface area contributed by atoms with E-state index in [1.165, 1.54) is 4.88 Å². The number of hydrogen-bond acceptors (Lipinski definition) is 3. The Balaban J connectivity index is 1.74. The molecule has 0 unspecified atom stereocenters. The van der Waals surface area contributed by atoms with Crippen LogP contribution in [0.3, 0.4) is 0 Å². The van der Waals surface area contributed by atoms with Gasteiger partial charge in [0.2, 0.25) is 0 Å². The van der Waals surface area contributed by atoms with Gasteiger partial charge in [0.05, 0.1) is 3.79 Å². The molecule has 2 aromatic rings. The third-order valence-electron chi connectivity index (χ3n) is 3.64. The fourth-order valence-corrected chi connectivity index (χ4v) is 3.83. The van der Waals surface area contributed by atoms with Gasteiger partial charge in [0.15, 0.2) is 5.96 Å². The number of thiophene rings is 1. The van der Waals surface area contributed by atoms with Crippen molar-refractivity contribution in [3.63, 3.8) is 0 Å². The van der Waals surface area contributed by atoms with Crippen molar-refractivity contribution in [3.8, 4) is 0 Å². The van der Waals surface area contributed by atoms with Gasteiger partial charge in [-0.3, -0.25) is 9.79 Å². The van der Waals surface area contributed by atoms with Crippen molar-refractivity contribution in [2.75, 3.05) is 27.2 Å². The molecule has 0 fully saturated rings. The van der Waals surface area contributed by atoms with Crippen LogP contribution in [0.15, 0.2) is 45.2 Å². The van der Waals surface area contributed by atoms with E-state index in [0.717, 1.165) is 41.2 Å². The molecule has 0 aliphatic carbocycles. The summed E-state index contributed by atoms with van der Waals surface area (Å²) in [5, 5.41) is 9.27. The summed E-state index contributed by atoms with van der Waals surface area (Å²) in [7, 11) is 3.41. The molecule has 134 valence electrons. The van der Waals surface area contributed by atoms with E-state index in [1.807, 2.05) is 24.3 Å². The van der Waals surface area contributed by atoms with E-state index in [0.29, 0.717) is 5.56 Å². The summed E-state index contributed by atoms with van der Waals surface area (Å²) in [6.07, 6.45) is 1.79. The molecule has 1 aromatic carbocycles. The van der Waals surface area contributed by atoms with Crippen LogP contribution >= 0.6 is 27.3 Å². The van der Waals surface area contributed by atoms with Crippen molar-refractivity contribution < 1.29 is 4.79 Å². The van der Waals surface area contributed by atoms with Gasteiger partial charge in [-0.1, -0.05) is 12.1 Å². The monoisotopic (exact) mass is 422 g/mol. The van der Waals surface area contributed by atoms with Crippen LogP contribution < -0.4 is 16.0 Å². The van der Waals surface area contributed by atoms with Gasteiger partial charge >= 0.3 is 0 Å². The number of rotatable bonds is 7. The van der Waals surface area contributed by atoms with E-state index in [4.69, 9.17) is 0 Å². The van der Waals surface area contributed by atoms with Crippen LogP contribution in [0, 0.1) is 0 Å². The first-order valence-corrected chi connectivity index (χ1v) is 9.73. The number of aliphatic imine (C=N–C) groups is 1. The second-order valence-electron chi connectivity index (χ2n) is 5.41. The number of nitrogens with zero attached hydrogens (tertiary/aromatic N) is 1. The molecule has 7 heteroatoms. The minimum absolute atomic E-state index is 0.0625. The summed E-state index contributed by atoms with van der Waals surface area (Å²) in [6, 6.07) is 11.9. The minimum Gasteiger partial charge on any atom is -0.356 e. The summed E-state index contributed by atoms with van der Waals surface area (Å²) in [6.45, 7) is 1.58. The first-order chi connectivity index (χ1) is 12.1. The molecule has 25 heavy (non-hydrogen) atoms. The van der Waals surface area contributed by atoms with E-state index in [-0.39, 0.29) is 5.91 Å². The van der Waals surface area contributed by atoms with E-state index < -0.39 is 0 Å². The van der Waals surface area contributed by atoms with Crippen molar-refractivity contribution in [1.29, 1.82) is 0 Å². The highest BCUT2D eigenvalue weighted by Gasteiger charge is 2.04. The number of nitrogens with one attached hydrogen (secondary N) is 3. The van der Waals surface area contributed by atoms with Gasteiger partial charge in [0.25, 0.3) is 5.91 Å². The van der Waals surface area contributed by atoms with Gasteiger partial charge in [-0.25, -0.2) is 0 Å². The number of carbonyl (C=O) groups is 1. The Kier molecular flexibility index (Phi) is 7.94. The molecule has 0 bridgehead atoms. The van der Waals surface area contributed by atoms with Crippen molar-refractivity contribution in [3.05, 3.63) is 56.2 Å². The summed E-state index contributed by atoms with van der Waals surface area (Å²) in [5.74, 6) is 0.727. The Bertz CT molecular complexity index is 729. The van der Waals surface area contributed by atoms with E-state index in [2.05, 4.69) is 49.0 Å². The second kappa shape index (κ2) is 10.2. The van der Waals surface area contributed by atoms with Crippen LogP contribution in [0.5, 0.6) is 0 Å². The van der Waals surface area contributed by atoms with Gasteiger partial charge in [0.1, 0.15) is 0 Å². The largest absolute Gasteiger partial charge is 0.356 e. The minimum atomic E-state index is -0.0625. The average Bonchev–Trinajstić information content (AvgIpc) is 3.05. The van der Waals surface area contributed by atoms with E-state index >= 15 is 0 Å². The predicted molar refractivity (Wildman–Crippen MR) is 109 cm³/mol. The van der Waals surface area contributed by atoms with Gasteiger partial charge < -0.3 is 16.0 Å². The van der Waals surface area contributed by atoms with Crippen molar-refractivity contribution in [2.24, 2.45) is 4.99 Å². The van der Waals surface area contributed by atoms with Gasteiger partial charge in [0, 0.05) is 37.6 Å². The Labute approximate surface area is 161 Å². The lowest BCUT2D eigenvalue weighted by molar-refractivity contribution is 0.0963. The maximum Gasteiger partial charge on any atom is 0.251 e. The molecule has 0 radical (unpaired) electrons. The fraction of sp³-hybridized carbons (Fsp3) is 0.333. The molecular formula is C18H23BrN4OS. The summed E-state index contributed by atoms with van der Waals surface area (Å²) < 4.78 is 1.16. The van der Waals surface area contributed by atoms with E-state index in [1.54, 1.807) is 25.4 Å². The number of amides is 1. The molecule has 3 N–H and O–H groups in total. The quantitative estimate of drug-likeness (QED) is 0.474. The molecule has 1 heterocycles. The number of guanidine groups is 1. The van der Waals surface area contributed by atoms with Crippen molar-refractivity contribution >= 4 is 39.1 Å². The number of benzene rings is 1. The van der Waals surface area contributed by atoms with Crippen LogP contribution in [-0.2, 0) is 12.8 Å². The lowest BCUT2D eigenvalue weighted by Gasteiger charge is -2.12. The maximum absolute atomic E-state index is 11.7. The number of carbonyl (C=O) groups excluding carboxylic acids is 1. The van der Waals surface area contributed by atoms with Crippen molar-refractivity contribution in [1.82, 2.24) is 16.0 Å². The highest BCUT2D eigenvalue weighted by molar-refractivity contribution is 9.11. The lowest BCUT2D eigenvalue weighted by atomic mass is 10.1. The molecular weight excluding hydrogens is 400 g/mol. The van der Waals surface area contributed by atoms with Crippen LogP contribution in [0.1, 0.15) is 20.8 Å². The lowest BCUT2D eigenvalue weighted by Crippen LogP contribution is -2.39. The van der Waals surface area contributed by atoms with Gasteiger partial charge in [-0.2, -0.15) is 0 Å². The zero-order valence-corrected chi connectivity index (χ0v) is 16.8. The fourth-order valence-electron chi connectivity index (χ4n) is 2.35.